The van der Waals surface area contributed by atoms with Crippen molar-refractivity contribution < 1.29 is 4.74 Å². The fraction of sp³-hybridized carbons (Fsp3) is 0.308. The molecule has 0 atom stereocenters. The van der Waals surface area contributed by atoms with E-state index in [0.29, 0.717) is 6.42 Å². The van der Waals surface area contributed by atoms with E-state index >= 15 is 0 Å². The maximum absolute atomic E-state index is 8.50. The molecular weight excluding hydrogens is 200 g/mol. The molecule has 1 aromatic heterocycles. The monoisotopic (exact) mass is 214 g/mol. The van der Waals surface area contributed by atoms with E-state index in [4.69, 9.17) is 10.00 Å². The van der Waals surface area contributed by atoms with Crippen molar-refractivity contribution in [3.8, 4) is 11.8 Å². The quantitative estimate of drug-likeness (QED) is 0.734. The number of hydrogen-bond acceptors (Lipinski definition) is 2. The number of methoxy groups -OCH3 is 1. The minimum Gasteiger partial charge on any atom is -0.497 e. The molecule has 0 bridgehead atoms. The molecule has 0 aliphatic rings. The molecule has 0 aliphatic heterocycles. The molecule has 2 rings (SSSR count). The highest BCUT2D eigenvalue weighted by molar-refractivity contribution is 5.81. The third-order valence-electron chi connectivity index (χ3n) is 2.67. The minimum absolute atomic E-state index is 0.607. The van der Waals surface area contributed by atoms with Crippen LogP contribution in [0.5, 0.6) is 5.75 Å². The maximum atomic E-state index is 8.50. The number of benzene rings is 1. The maximum Gasteiger partial charge on any atom is 0.119 e. The van der Waals surface area contributed by atoms with Gasteiger partial charge < -0.3 is 9.30 Å². The molecule has 0 fully saturated rings. The van der Waals surface area contributed by atoms with Gasteiger partial charge in [0.05, 0.1) is 13.2 Å². The van der Waals surface area contributed by atoms with Gasteiger partial charge in [-0.2, -0.15) is 5.26 Å². The molecule has 3 heteroatoms. The van der Waals surface area contributed by atoms with Crippen molar-refractivity contribution in [1.29, 1.82) is 5.26 Å². The van der Waals surface area contributed by atoms with Gasteiger partial charge in [0.1, 0.15) is 5.75 Å². The Balaban J connectivity index is 2.24. The van der Waals surface area contributed by atoms with Gasteiger partial charge in [0.2, 0.25) is 0 Å². The van der Waals surface area contributed by atoms with Gasteiger partial charge in [0.25, 0.3) is 0 Å². The molecular formula is C13H14N2O. The van der Waals surface area contributed by atoms with Gasteiger partial charge in [-0.15, -0.1) is 0 Å². The molecule has 82 valence electrons. The molecule has 0 amide bonds. The van der Waals surface area contributed by atoms with E-state index in [0.717, 1.165) is 18.7 Å². The minimum atomic E-state index is 0.607. The molecule has 1 aromatic carbocycles. The molecule has 0 saturated carbocycles. The number of nitrogens with zero attached hydrogens (tertiary/aromatic N) is 2. The van der Waals surface area contributed by atoms with Crippen LogP contribution in [0.4, 0.5) is 0 Å². The van der Waals surface area contributed by atoms with Crippen molar-refractivity contribution in [2.24, 2.45) is 0 Å². The zero-order valence-electron chi connectivity index (χ0n) is 9.31. The molecule has 1 heterocycles. The van der Waals surface area contributed by atoms with E-state index in [9.17, 15) is 0 Å². The zero-order chi connectivity index (χ0) is 11.4. The number of fused-ring (bicyclic) bond motifs is 1. The third-order valence-corrected chi connectivity index (χ3v) is 2.67. The molecule has 0 radical (unpaired) electrons. The van der Waals surface area contributed by atoms with E-state index in [2.05, 4.69) is 29.0 Å². The lowest BCUT2D eigenvalue weighted by molar-refractivity contribution is 0.415. The van der Waals surface area contributed by atoms with Crippen molar-refractivity contribution in [3.63, 3.8) is 0 Å². The van der Waals surface area contributed by atoms with E-state index in [-0.39, 0.29) is 0 Å². The van der Waals surface area contributed by atoms with Crippen LogP contribution in [0.2, 0.25) is 0 Å². The van der Waals surface area contributed by atoms with Gasteiger partial charge in [0.15, 0.2) is 0 Å². The molecule has 0 aliphatic carbocycles. The van der Waals surface area contributed by atoms with E-state index in [1.54, 1.807) is 7.11 Å². The summed E-state index contributed by atoms with van der Waals surface area (Å²) in [6, 6.07) is 10.3. The van der Waals surface area contributed by atoms with Gasteiger partial charge in [-0.1, -0.05) is 0 Å². The second kappa shape index (κ2) is 4.71. The second-order valence-corrected chi connectivity index (χ2v) is 3.70. The Bertz CT molecular complexity index is 522. The Morgan fingerprint density at radius 1 is 1.38 bits per heavy atom. The average Bonchev–Trinajstić information content (AvgIpc) is 2.72. The van der Waals surface area contributed by atoms with Crippen molar-refractivity contribution in [2.45, 2.75) is 19.4 Å². The van der Waals surface area contributed by atoms with Crippen LogP contribution in [0, 0.1) is 11.3 Å². The van der Waals surface area contributed by atoms with Crippen LogP contribution in [0.1, 0.15) is 12.8 Å². The molecule has 0 unspecified atom stereocenters. The molecule has 0 N–H and O–H groups in total. The number of ether oxygens (including phenoxy) is 1. The van der Waals surface area contributed by atoms with Crippen molar-refractivity contribution in [2.75, 3.05) is 7.11 Å². The van der Waals surface area contributed by atoms with E-state index < -0.39 is 0 Å². The number of aromatic nitrogens is 1. The van der Waals surface area contributed by atoms with Gasteiger partial charge in [-0.05, 0) is 30.7 Å². The Kier molecular flexibility index (Phi) is 3.11. The first-order valence-corrected chi connectivity index (χ1v) is 5.35. The number of rotatable bonds is 4. The van der Waals surface area contributed by atoms with Crippen molar-refractivity contribution in [3.05, 3.63) is 30.5 Å². The summed E-state index contributed by atoms with van der Waals surface area (Å²) in [7, 11) is 1.67. The van der Waals surface area contributed by atoms with E-state index in [1.165, 1.54) is 10.9 Å². The van der Waals surface area contributed by atoms with Crippen molar-refractivity contribution in [1.82, 2.24) is 4.57 Å². The molecule has 0 spiro atoms. The summed E-state index contributed by atoms with van der Waals surface area (Å²) >= 11 is 0. The predicted octanol–water partition coefficient (Wildman–Crippen LogP) is 2.95. The smallest absolute Gasteiger partial charge is 0.119 e. The van der Waals surface area contributed by atoms with Crippen LogP contribution in [-0.4, -0.2) is 11.7 Å². The number of nitriles is 1. The van der Waals surface area contributed by atoms with Gasteiger partial charge >= 0.3 is 0 Å². The summed E-state index contributed by atoms with van der Waals surface area (Å²) in [5.41, 5.74) is 1.19. The average molecular weight is 214 g/mol. The number of aryl methyl sites for hydroxylation is 1. The zero-order valence-corrected chi connectivity index (χ0v) is 9.31. The molecule has 2 aromatic rings. The third kappa shape index (κ3) is 2.01. The summed E-state index contributed by atoms with van der Waals surface area (Å²) in [6.07, 6.45) is 3.56. The highest BCUT2D eigenvalue weighted by Crippen LogP contribution is 2.22. The summed E-state index contributed by atoms with van der Waals surface area (Å²) < 4.78 is 7.35. The summed E-state index contributed by atoms with van der Waals surface area (Å²) in [6.45, 7) is 0.892. The first-order valence-electron chi connectivity index (χ1n) is 5.35. The van der Waals surface area contributed by atoms with Crippen LogP contribution in [0.15, 0.2) is 30.5 Å². The Morgan fingerprint density at radius 3 is 3.00 bits per heavy atom. The highest BCUT2D eigenvalue weighted by Gasteiger charge is 2.01. The Hall–Kier alpha value is -1.95. The van der Waals surface area contributed by atoms with Crippen LogP contribution < -0.4 is 4.74 Å². The molecule has 0 saturated heterocycles. The first-order chi connectivity index (χ1) is 7.85. The van der Waals surface area contributed by atoms with E-state index in [1.807, 2.05) is 12.1 Å². The van der Waals surface area contributed by atoms with Crippen LogP contribution in [0.3, 0.4) is 0 Å². The number of hydrogen-bond donors (Lipinski definition) is 0. The molecule has 3 nitrogen and oxygen atoms in total. The SMILES string of the molecule is COc1ccc2c(ccn2CCCC#N)c1. The van der Waals surface area contributed by atoms with Crippen LogP contribution >= 0.6 is 0 Å². The lowest BCUT2D eigenvalue weighted by Crippen LogP contribution is -1.95. The second-order valence-electron chi connectivity index (χ2n) is 3.70. The fourth-order valence-electron chi connectivity index (χ4n) is 1.83. The molecule has 16 heavy (non-hydrogen) atoms. The summed E-state index contributed by atoms with van der Waals surface area (Å²) in [4.78, 5) is 0. The fourth-order valence-corrected chi connectivity index (χ4v) is 1.83. The summed E-state index contributed by atoms with van der Waals surface area (Å²) in [5.74, 6) is 0.877. The lowest BCUT2D eigenvalue weighted by Gasteiger charge is -2.04. The van der Waals surface area contributed by atoms with Gasteiger partial charge in [-0.25, -0.2) is 0 Å². The Labute approximate surface area is 94.9 Å². The summed E-state index contributed by atoms with van der Waals surface area (Å²) in [5, 5.41) is 9.68. The lowest BCUT2D eigenvalue weighted by atomic mass is 10.2. The van der Waals surface area contributed by atoms with Gasteiger partial charge in [0, 0.05) is 30.1 Å². The first kappa shape index (κ1) is 10.6. The largest absolute Gasteiger partial charge is 0.497 e. The standard InChI is InChI=1S/C13H14N2O/c1-16-12-4-5-13-11(10-12)6-9-15(13)8-3-2-7-14/h4-6,9-10H,2-3,8H2,1H3. The normalized spacial score (nSPS) is 10.2. The highest BCUT2D eigenvalue weighted by atomic mass is 16.5. The van der Waals surface area contributed by atoms with Crippen LogP contribution in [0.25, 0.3) is 10.9 Å². The van der Waals surface area contributed by atoms with Gasteiger partial charge in [-0.3, -0.25) is 0 Å². The topological polar surface area (TPSA) is 38.0 Å². The Morgan fingerprint density at radius 2 is 2.25 bits per heavy atom. The number of unbranched alkanes of at least 4 members (excludes halogenated alkanes) is 1. The van der Waals surface area contributed by atoms with Crippen LogP contribution in [-0.2, 0) is 6.54 Å². The predicted molar refractivity (Wildman–Crippen MR) is 63.3 cm³/mol. The van der Waals surface area contributed by atoms with Crippen molar-refractivity contribution >= 4 is 10.9 Å².